The summed E-state index contributed by atoms with van der Waals surface area (Å²) in [5, 5.41) is 12.9. The molecule has 4 amide bonds. The molecule has 0 unspecified atom stereocenters. The third kappa shape index (κ3) is 8.77. The van der Waals surface area contributed by atoms with Crippen LogP contribution < -0.4 is 16.0 Å². The number of nitrogens with one attached hydrogen (secondary N) is 3. The highest BCUT2D eigenvalue weighted by Crippen LogP contribution is 2.33. The van der Waals surface area contributed by atoms with Crippen molar-refractivity contribution < 1.29 is 23.6 Å². The quantitative estimate of drug-likeness (QED) is 0.321. The number of halogens is 1. The molecule has 3 N–H and O–H groups in total. The standard InChI is InChI=1S/C35H50FN7O4/c1-5-30(44)39-31(35(47)42-18-16-41(4)17-19-42)23(3)26-12-13-28(27(36)20-26)38-34(46)32(25-10-6-22(2)7-11-25)40-33(45)29-14-15-37-43(29)21-24-8-9-24/h12-15,20,22-25,31-32H,5-11,16-19,21H2,1-4H3,(H,38,46)(H,39,44)(H,40,45)/t22?,23-,25?,31+,32-/m0/s1. The summed E-state index contributed by atoms with van der Waals surface area (Å²) in [5.41, 5.74) is 0.936. The Kier molecular flexibility index (Phi) is 11.3. The maximum Gasteiger partial charge on any atom is 0.270 e. The number of carbonyl (C=O) groups excluding carboxylic acids is 4. The van der Waals surface area contributed by atoms with Gasteiger partial charge in [0.1, 0.15) is 23.6 Å². The van der Waals surface area contributed by atoms with Crippen molar-refractivity contribution in [2.45, 2.75) is 90.3 Å². The Morgan fingerprint density at radius 1 is 0.979 bits per heavy atom. The van der Waals surface area contributed by atoms with Gasteiger partial charge in [-0.15, -0.1) is 0 Å². The molecular weight excluding hydrogens is 601 g/mol. The van der Waals surface area contributed by atoms with Crippen LogP contribution in [0.5, 0.6) is 0 Å². The second kappa shape index (κ2) is 15.4. The van der Waals surface area contributed by atoms with Gasteiger partial charge in [0.05, 0.1) is 5.69 Å². The van der Waals surface area contributed by atoms with Crippen LogP contribution in [0.25, 0.3) is 0 Å². The number of anilines is 1. The molecule has 3 fully saturated rings. The second-order valence-electron chi connectivity index (χ2n) is 13.9. The summed E-state index contributed by atoms with van der Waals surface area (Å²) in [6, 6.07) is 4.46. The van der Waals surface area contributed by atoms with E-state index in [0.717, 1.165) is 51.6 Å². The molecule has 3 atom stereocenters. The van der Waals surface area contributed by atoms with E-state index in [1.807, 2.05) is 7.05 Å². The van der Waals surface area contributed by atoms with E-state index in [9.17, 15) is 19.2 Å². The van der Waals surface area contributed by atoms with E-state index in [-0.39, 0.29) is 35.7 Å². The summed E-state index contributed by atoms with van der Waals surface area (Å²) in [5.74, 6) is -1.46. The van der Waals surface area contributed by atoms with Gasteiger partial charge >= 0.3 is 0 Å². The monoisotopic (exact) mass is 651 g/mol. The van der Waals surface area contributed by atoms with Crippen molar-refractivity contribution >= 4 is 29.3 Å². The molecule has 256 valence electrons. The molecule has 2 heterocycles. The molecule has 0 bridgehead atoms. The highest BCUT2D eigenvalue weighted by atomic mass is 19.1. The van der Waals surface area contributed by atoms with E-state index in [2.05, 4.69) is 32.9 Å². The molecule has 1 aliphatic heterocycles. The SMILES string of the molecule is CCC(=O)N[C@@H](C(=O)N1CCN(C)CC1)[C@@H](C)c1ccc(NC(=O)[C@@H](NC(=O)c2ccnn2CC2CC2)C2CCC(C)CC2)c(F)c1. The van der Waals surface area contributed by atoms with Crippen LogP contribution in [-0.4, -0.2) is 88.5 Å². The van der Waals surface area contributed by atoms with Crippen molar-refractivity contribution in [3.63, 3.8) is 0 Å². The number of amides is 4. The fraction of sp³-hybridized carbons (Fsp3) is 0.629. The van der Waals surface area contributed by atoms with Crippen molar-refractivity contribution in [2.24, 2.45) is 17.8 Å². The molecule has 2 aliphatic carbocycles. The minimum Gasteiger partial charge on any atom is -0.344 e. The Morgan fingerprint density at radius 3 is 2.32 bits per heavy atom. The number of carbonyl (C=O) groups is 4. The number of likely N-dealkylation sites (N-methyl/N-ethyl adjacent to an activating group) is 1. The van der Waals surface area contributed by atoms with Gasteiger partial charge in [-0.3, -0.25) is 23.9 Å². The van der Waals surface area contributed by atoms with Crippen molar-refractivity contribution in [1.29, 1.82) is 0 Å². The average Bonchev–Trinajstić information content (AvgIpc) is 3.76. The van der Waals surface area contributed by atoms with Crippen LogP contribution >= 0.6 is 0 Å². The van der Waals surface area contributed by atoms with Crippen LogP contribution in [0.3, 0.4) is 0 Å². The molecule has 12 heteroatoms. The molecule has 2 saturated carbocycles. The third-order valence-electron chi connectivity index (χ3n) is 10.2. The van der Waals surface area contributed by atoms with Crippen LogP contribution in [0.15, 0.2) is 30.5 Å². The van der Waals surface area contributed by atoms with E-state index in [1.54, 1.807) is 41.8 Å². The first kappa shape index (κ1) is 34.5. The van der Waals surface area contributed by atoms with Gasteiger partial charge in [0.15, 0.2) is 0 Å². The fourth-order valence-corrected chi connectivity index (χ4v) is 6.67. The van der Waals surface area contributed by atoms with Gasteiger partial charge < -0.3 is 25.8 Å². The lowest BCUT2D eigenvalue weighted by Gasteiger charge is -2.36. The number of aromatic nitrogens is 2. The Labute approximate surface area is 277 Å². The highest BCUT2D eigenvalue weighted by molar-refractivity contribution is 6.00. The number of benzene rings is 1. The maximum atomic E-state index is 15.7. The van der Waals surface area contributed by atoms with Crippen molar-refractivity contribution in [3.05, 3.63) is 47.5 Å². The van der Waals surface area contributed by atoms with Gasteiger partial charge in [0, 0.05) is 51.3 Å². The summed E-state index contributed by atoms with van der Waals surface area (Å²) in [6.45, 7) is 8.97. The molecule has 47 heavy (non-hydrogen) atoms. The lowest BCUT2D eigenvalue weighted by atomic mass is 9.79. The topological polar surface area (TPSA) is 129 Å². The Morgan fingerprint density at radius 2 is 1.68 bits per heavy atom. The number of hydrogen-bond acceptors (Lipinski definition) is 6. The van der Waals surface area contributed by atoms with Gasteiger partial charge in [-0.2, -0.15) is 5.10 Å². The minimum absolute atomic E-state index is 0.00677. The van der Waals surface area contributed by atoms with Crippen LogP contribution in [0.1, 0.15) is 87.7 Å². The normalized spacial score (nSPS) is 22.2. The zero-order valence-electron chi connectivity index (χ0n) is 28.1. The maximum absolute atomic E-state index is 15.7. The zero-order valence-corrected chi connectivity index (χ0v) is 28.1. The minimum atomic E-state index is -0.854. The van der Waals surface area contributed by atoms with Crippen LogP contribution in [0, 0.1) is 23.6 Å². The first-order valence-electron chi connectivity index (χ1n) is 17.2. The zero-order chi connectivity index (χ0) is 33.7. The summed E-state index contributed by atoms with van der Waals surface area (Å²) < 4.78 is 17.4. The summed E-state index contributed by atoms with van der Waals surface area (Å²) >= 11 is 0. The molecule has 2 aromatic rings. The van der Waals surface area contributed by atoms with Gasteiger partial charge in [-0.05, 0) is 74.2 Å². The molecule has 1 saturated heterocycles. The first-order valence-corrected chi connectivity index (χ1v) is 17.2. The van der Waals surface area contributed by atoms with Gasteiger partial charge in [0.25, 0.3) is 5.91 Å². The lowest BCUT2D eigenvalue weighted by molar-refractivity contribution is -0.138. The van der Waals surface area contributed by atoms with E-state index in [1.165, 1.54) is 12.1 Å². The van der Waals surface area contributed by atoms with Crippen molar-refractivity contribution in [1.82, 2.24) is 30.2 Å². The highest BCUT2D eigenvalue weighted by Gasteiger charge is 2.35. The van der Waals surface area contributed by atoms with Crippen molar-refractivity contribution in [3.8, 4) is 0 Å². The molecular formula is C35H50FN7O4. The predicted molar refractivity (Wildman–Crippen MR) is 177 cm³/mol. The fourth-order valence-electron chi connectivity index (χ4n) is 6.67. The Hall–Kier alpha value is -3.80. The number of piperazine rings is 1. The largest absolute Gasteiger partial charge is 0.344 e. The van der Waals surface area contributed by atoms with E-state index in [0.29, 0.717) is 42.7 Å². The van der Waals surface area contributed by atoms with Crippen molar-refractivity contribution in [2.75, 3.05) is 38.5 Å². The molecule has 5 rings (SSSR count). The van der Waals surface area contributed by atoms with E-state index in [4.69, 9.17) is 0 Å². The smallest absolute Gasteiger partial charge is 0.270 e. The molecule has 11 nitrogen and oxygen atoms in total. The molecule has 0 spiro atoms. The van der Waals surface area contributed by atoms with Crippen LogP contribution in [0.2, 0.25) is 0 Å². The summed E-state index contributed by atoms with van der Waals surface area (Å²) in [4.78, 5) is 57.1. The van der Waals surface area contributed by atoms with Gasteiger partial charge in [-0.1, -0.05) is 39.7 Å². The van der Waals surface area contributed by atoms with Crippen LogP contribution in [0.4, 0.5) is 10.1 Å². The van der Waals surface area contributed by atoms with Crippen LogP contribution in [-0.2, 0) is 20.9 Å². The molecule has 1 aromatic heterocycles. The Balaban J connectivity index is 1.31. The number of hydrogen-bond donors (Lipinski definition) is 3. The Bertz CT molecular complexity index is 1430. The van der Waals surface area contributed by atoms with Gasteiger partial charge in [0.2, 0.25) is 17.7 Å². The van der Waals surface area contributed by atoms with E-state index < -0.39 is 29.7 Å². The predicted octanol–water partition coefficient (Wildman–Crippen LogP) is 3.77. The first-order chi connectivity index (χ1) is 22.5. The number of nitrogens with zero attached hydrogens (tertiary/aromatic N) is 4. The second-order valence-corrected chi connectivity index (χ2v) is 13.9. The van der Waals surface area contributed by atoms with E-state index >= 15 is 4.39 Å². The molecule has 1 aromatic carbocycles. The summed E-state index contributed by atoms with van der Waals surface area (Å²) in [7, 11) is 2.00. The lowest BCUT2D eigenvalue weighted by Crippen LogP contribution is -2.55. The molecule has 3 aliphatic rings. The third-order valence-corrected chi connectivity index (χ3v) is 10.2. The number of rotatable bonds is 12. The van der Waals surface area contributed by atoms with Gasteiger partial charge in [-0.25, -0.2) is 4.39 Å². The molecule has 0 radical (unpaired) electrons. The summed E-state index contributed by atoms with van der Waals surface area (Å²) in [6.07, 6.45) is 7.54. The average molecular weight is 652 g/mol.